The van der Waals surface area contributed by atoms with E-state index >= 15 is 0 Å². The lowest BCUT2D eigenvalue weighted by Gasteiger charge is -2.32. The van der Waals surface area contributed by atoms with Crippen molar-refractivity contribution in [2.24, 2.45) is 5.92 Å². The van der Waals surface area contributed by atoms with Gasteiger partial charge < -0.3 is 4.57 Å². The minimum Gasteiger partial charge on any atom is -0.346 e. The number of halogens is 1. The minimum absolute atomic E-state index is 0.126. The second-order valence-corrected chi connectivity index (χ2v) is 8.10. The first-order chi connectivity index (χ1) is 13.4. The van der Waals surface area contributed by atoms with E-state index in [9.17, 15) is 4.39 Å². The lowest BCUT2D eigenvalue weighted by atomic mass is 10.0. The monoisotopic (exact) mass is 378 g/mol. The van der Waals surface area contributed by atoms with Gasteiger partial charge in [0.15, 0.2) is 0 Å². The third kappa shape index (κ3) is 5.11. The predicted octanol–water partition coefficient (Wildman–Crippen LogP) is 6.03. The van der Waals surface area contributed by atoms with Gasteiger partial charge in [-0.15, -0.1) is 0 Å². The summed E-state index contributed by atoms with van der Waals surface area (Å²) in [6, 6.07) is 20.4. The Kier molecular flexibility index (Phi) is 6.69. The van der Waals surface area contributed by atoms with E-state index in [0.717, 1.165) is 18.7 Å². The number of rotatable bonds is 8. The van der Waals surface area contributed by atoms with Gasteiger partial charge in [0, 0.05) is 43.1 Å². The molecule has 1 atom stereocenters. The maximum Gasteiger partial charge on any atom is 0.127 e. The summed E-state index contributed by atoms with van der Waals surface area (Å²) in [5.74, 6) is 0.366. The van der Waals surface area contributed by atoms with Gasteiger partial charge in [0.2, 0.25) is 0 Å². The average Bonchev–Trinajstić information content (AvgIpc) is 3.09. The van der Waals surface area contributed by atoms with E-state index in [2.05, 4.69) is 79.8 Å². The van der Waals surface area contributed by atoms with Crippen LogP contribution in [0.25, 0.3) is 0 Å². The molecule has 0 saturated heterocycles. The predicted molar refractivity (Wildman–Crippen MR) is 115 cm³/mol. The number of nitrogens with zero attached hydrogens (tertiary/aromatic N) is 2. The van der Waals surface area contributed by atoms with Crippen LogP contribution in [0.2, 0.25) is 0 Å². The zero-order chi connectivity index (χ0) is 20.1. The molecular formula is C25H31FN2. The SMILES string of the molecule is Cc1cccc(Cn2cccc2CN(Cc2ccccc2F)[C@H](C)C(C)C)c1. The van der Waals surface area contributed by atoms with Crippen LogP contribution in [0.5, 0.6) is 0 Å². The largest absolute Gasteiger partial charge is 0.346 e. The van der Waals surface area contributed by atoms with Crippen LogP contribution in [-0.4, -0.2) is 15.5 Å². The van der Waals surface area contributed by atoms with Crippen molar-refractivity contribution in [1.82, 2.24) is 9.47 Å². The summed E-state index contributed by atoms with van der Waals surface area (Å²) in [6.07, 6.45) is 2.14. The molecule has 0 amide bonds. The molecule has 2 nitrogen and oxygen atoms in total. The van der Waals surface area contributed by atoms with Crippen molar-refractivity contribution >= 4 is 0 Å². The average molecular weight is 379 g/mol. The topological polar surface area (TPSA) is 8.17 Å². The fraction of sp³-hybridized carbons (Fsp3) is 0.360. The Bertz CT molecular complexity index is 897. The standard InChI is InChI=1S/C25H31FN2/c1-19(2)21(4)28(17-23-11-5-6-13-25(23)26)18-24-12-8-14-27(24)16-22-10-7-9-20(3)15-22/h5-15,19,21H,16-18H2,1-4H3/t21-/m1/s1. The molecule has 0 N–H and O–H groups in total. The van der Waals surface area contributed by atoms with Gasteiger partial charge in [0.25, 0.3) is 0 Å². The fourth-order valence-electron chi connectivity index (χ4n) is 3.57. The van der Waals surface area contributed by atoms with Crippen molar-refractivity contribution < 1.29 is 4.39 Å². The van der Waals surface area contributed by atoms with Crippen LogP contribution in [0, 0.1) is 18.7 Å². The molecule has 0 unspecified atom stereocenters. The van der Waals surface area contributed by atoms with E-state index in [4.69, 9.17) is 0 Å². The van der Waals surface area contributed by atoms with Crippen molar-refractivity contribution in [3.05, 3.63) is 95.1 Å². The van der Waals surface area contributed by atoms with Crippen LogP contribution in [0.15, 0.2) is 66.9 Å². The van der Waals surface area contributed by atoms with E-state index in [-0.39, 0.29) is 5.82 Å². The van der Waals surface area contributed by atoms with Gasteiger partial charge in [-0.25, -0.2) is 4.39 Å². The van der Waals surface area contributed by atoms with Crippen LogP contribution < -0.4 is 0 Å². The molecular weight excluding hydrogens is 347 g/mol. The van der Waals surface area contributed by atoms with Gasteiger partial charge in [0.05, 0.1) is 0 Å². The minimum atomic E-state index is -0.126. The molecule has 0 aliphatic carbocycles. The molecule has 3 rings (SSSR count). The molecule has 0 fully saturated rings. The Labute approximate surface area is 168 Å². The Morgan fingerprint density at radius 2 is 1.71 bits per heavy atom. The fourth-order valence-corrected chi connectivity index (χ4v) is 3.57. The smallest absolute Gasteiger partial charge is 0.127 e. The van der Waals surface area contributed by atoms with Gasteiger partial charge in [-0.05, 0) is 43.5 Å². The molecule has 0 aliphatic rings. The third-order valence-corrected chi connectivity index (χ3v) is 5.60. The second-order valence-electron chi connectivity index (χ2n) is 8.10. The summed E-state index contributed by atoms with van der Waals surface area (Å²) < 4.78 is 16.6. The number of aryl methyl sites for hydroxylation is 1. The molecule has 0 radical (unpaired) electrons. The van der Waals surface area contributed by atoms with E-state index in [1.165, 1.54) is 16.8 Å². The van der Waals surface area contributed by atoms with Crippen molar-refractivity contribution in [1.29, 1.82) is 0 Å². The second kappa shape index (κ2) is 9.20. The normalized spacial score (nSPS) is 12.7. The molecule has 0 bridgehead atoms. The van der Waals surface area contributed by atoms with Crippen LogP contribution >= 0.6 is 0 Å². The summed E-state index contributed by atoms with van der Waals surface area (Å²) in [7, 11) is 0. The molecule has 3 aromatic rings. The van der Waals surface area contributed by atoms with Crippen molar-refractivity contribution in [2.45, 2.75) is 53.4 Å². The van der Waals surface area contributed by atoms with Gasteiger partial charge in [-0.3, -0.25) is 4.90 Å². The summed E-state index contributed by atoms with van der Waals surface area (Å²) in [5, 5.41) is 0. The number of aromatic nitrogens is 1. The maximum absolute atomic E-state index is 14.3. The molecule has 3 heteroatoms. The molecule has 0 saturated carbocycles. The molecule has 0 aliphatic heterocycles. The Hall–Kier alpha value is -2.39. The molecule has 148 valence electrons. The number of hydrogen-bond acceptors (Lipinski definition) is 1. The molecule has 2 aromatic carbocycles. The zero-order valence-corrected chi connectivity index (χ0v) is 17.4. The quantitative estimate of drug-likeness (QED) is 0.464. The van der Waals surface area contributed by atoms with E-state index in [1.54, 1.807) is 12.1 Å². The highest BCUT2D eigenvalue weighted by Crippen LogP contribution is 2.20. The van der Waals surface area contributed by atoms with E-state index in [1.807, 2.05) is 12.1 Å². The van der Waals surface area contributed by atoms with Crippen molar-refractivity contribution in [2.75, 3.05) is 0 Å². The van der Waals surface area contributed by atoms with E-state index < -0.39 is 0 Å². The van der Waals surface area contributed by atoms with Crippen LogP contribution in [0.3, 0.4) is 0 Å². The molecule has 1 heterocycles. The van der Waals surface area contributed by atoms with Crippen molar-refractivity contribution in [3.8, 4) is 0 Å². The zero-order valence-electron chi connectivity index (χ0n) is 17.4. The van der Waals surface area contributed by atoms with Crippen LogP contribution in [-0.2, 0) is 19.6 Å². The van der Waals surface area contributed by atoms with Gasteiger partial charge in [0.1, 0.15) is 5.82 Å². The highest BCUT2D eigenvalue weighted by molar-refractivity contribution is 5.24. The Morgan fingerprint density at radius 3 is 2.43 bits per heavy atom. The first kappa shape index (κ1) is 20.3. The van der Waals surface area contributed by atoms with E-state index in [0.29, 0.717) is 18.5 Å². The summed E-state index contributed by atoms with van der Waals surface area (Å²) in [6.45, 7) is 11.1. The van der Waals surface area contributed by atoms with Gasteiger partial charge in [-0.1, -0.05) is 61.9 Å². The highest BCUT2D eigenvalue weighted by Gasteiger charge is 2.20. The summed E-state index contributed by atoms with van der Waals surface area (Å²) in [5.41, 5.74) is 4.59. The summed E-state index contributed by atoms with van der Waals surface area (Å²) in [4.78, 5) is 2.38. The van der Waals surface area contributed by atoms with Crippen LogP contribution in [0.1, 0.15) is 43.2 Å². The van der Waals surface area contributed by atoms with Crippen molar-refractivity contribution in [3.63, 3.8) is 0 Å². The maximum atomic E-state index is 14.3. The first-order valence-corrected chi connectivity index (χ1v) is 10.1. The first-order valence-electron chi connectivity index (χ1n) is 10.1. The highest BCUT2D eigenvalue weighted by atomic mass is 19.1. The molecule has 28 heavy (non-hydrogen) atoms. The lowest BCUT2D eigenvalue weighted by Crippen LogP contribution is -2.36. The third-order valence-electron chi connectivity index (χ3n) is 5.60. The number of hydrogen-bond donors (Lipinski definition) is 0. The number of benzene rings is 2. The Morgan fingerprint density at radius 1 is 0.929 bits per heavy atom. The molecule has 1 aromatic heterocycles. The Balaban J connectivity index is 1.81. The summed E-state index contributed by atoms with van der Waals surface area (Å²) >= 11 is 0. The lowest BCUT2D eigenvalue weighted by molar-refractivity contribution is 0.146. The van der Waals surface area contributed by atoms with Crippen LogP contribution in [0.4, 0.5) is 4.39 Å². The molecule has 0 spiro atoms. The van der Waals surface area contributed by atoms with Gasteiger partial charge >= 0.3 is 0 Å². The van der Waals surface area contributed by atoms with Gasteiger partial charge in [-0.2, -0.15) is 0 Å².